The van der Waals surface area contributed by atoms with E-state index in [2.05, 4.69) is 0 Å². The number of ether oxygens (including phenoxy) is 2. The lowest BCUT2D eigenvalue weighted by Gasteiger charge is -2.31. The third-order valence-electron chi connectivity index (χ3n) is 4.50. The molecule has 0 heterocycles. The van der Waals surface area contributed by atoms with Crippen LogP contribution in [0.1, 0.15) is 41.5 Å². The van der Waals surface area contributed by atoms with Crippen LogP contribution in [-0.2, 0) is 19.1 Å². The third kappa shape index (κ3) is 3.74. The molecule has 0 atom stereocenters. The summed E-state index contributed by atoms with van der Waals surface area (Å²) in [5.41, 5.74) is 2.58. The van der Waals surface area contributed by atoms with Crippen LogP contribution in [0.2, 0.25) is 0 Å². The lowest BCUT2D eigenvalue weighted by Crippen LogP contribution is -2.28. The van der Waals surface area contributed by atoms with Crippen molar-refractivity contribution in [2.45, 2.75) is 41.5 Å². The van der Waals surface area contributed by atoms with E-state index in [0.29, 0.717) is 0 Å². The molecule has 4 heteroatoms. The molecule has 0 aromatic rings. The molecule has 0 unspecified atom stereocenters. The van der Waals surface area contributed by atoms with E-state index < -0.39 is 0 Å². The zero-order valence-corrected chi connectivity index (χ0v) is 16.9. The fourth-order valence-corrected chi connectivity index (χ4v) is 2.96. The molecule has 2 aliphatic carbocycles. The van der Waals surface area contributed by atoms with Gasteiger partial charge in [0.15, 0.2) is 17.3 Å². The number of ketones is 2. The topological polar surface area (TPSA) is 52.6 Å². The van der Waals surface area contributed by atoms with Crippen molar-refractivity contribution in [3.05, 3.63) is 58.1 Å². The van der Waals surface area contributed by atoms with Gasteiger partial charge in [0.25, 0.3) is 5.78 Å². The summed E-state index contributed by atoms with van der Waals surface area (Å²) in [5.74, 6) is 0.236. The van der Waals surface area contributed by atoms with Gasteiger partial charge in [0.05, 0.1) is 14.2 Å². The first-order valence-electron chi connectivity index (χ1n) is 8.69. The molecule has 0 spiro atoms. The maximum Gasteiger partial charge on any atom is 0.261 e. The second kappa shape index (κ2) is 6.75. The van der Waals surface area contributed by atoms with Gasteiger partial charge < -0.3 is 9.47 Å². The molecule has 0 aliphatic heterocycles. The van der Waals surface area contributed by atoms with E-state index >= 15 is 0 Å². The molecule has 2 aliphatic rings. The second-order valence-electron chi connectivity index (χ2n) is 8.61. The normalized spacial score (nSPS) is 18.9. The predicted octanol–water partition coefficient (Wildman–Crippen LogP) is 4.45. The predicted molar refractivity (Wildman–Crippen MR) is 102 cm³/mol. The van der Waals surface area contributed by atoms with Crippen molar-refractivity contribution < 1.29 is 19.1 Å². The lowest BCUT2D eigenvalue weighted by atomic mass is 9.71. The number of Topliss-reactive ketones (excluding diaryl/α,β-unsaturated/α-hetero) is 2. The van der Waals surface area contributed by atoms with E-state index in [-0.39, 0.29) is 33.9 Å². The van der Waals surface area contributed by atoms with Crippen LogP contribution in [-0.4, -0.2) is 25.8 Å². The largest absolute Gasteiger partial charge is 0.492 e. The van der Waals surface area contributed by atoms with Gasteiger partial charge in [-0.15, -0.1) is 0 Å². The Morgan fingerprint density at radius 2 is 0.962 bits per heavy atom. The smallest absolute Gasteiger partial charge is 0.261 e. The summed E-state index contributed by atoms with van der Waals surface area (Å²) in [6.45, 7) is 12.2. The molecular weight excluding hydrogens is 328 g/mol. The highest BCUT2D eigenvalue weighted by atomic mass is 16.5. The van der Waals surface area contributed by atoms with E-state index in [9.17, 15) is 9.59 Å². The van der Waals surface area contributed by atoms with Gasteiger partial charge in [0.2, 0.25) is 0 Å². The first kappa shape index (κ1) is 20.0. The van der Waals surface area contributed by atoms with Crippen molar-refractivity contribution in [3.63, 3.8) is 0 Å². The summed E-state index contributed by atoms with van der Waals surface area (Å²) in [7, 11) is 2.92. The molecule has 140 valence electrons. The minimum Gasteiger partial charge on any atom is -0.492 e. The number of hydrogen-bond acceptors (Lipinski definition) is 4. The van der Waals surface area contributed by atoms with E-state index in [0.717, 1.165) is 22.3 Å². The van der Waals surface area contributed by atoms with Crippen molar-refractivity contribution in [1.29, 1.82) is 0 Å². The maximum atomic E-state index is 13.0. The number of methoxy groups -OCH3 is 2. The maximum absolute atomic E-state index is 13.0. The highest BCUT2D eigenvalue weighted by molar-refractivity contribution is 6.12. The van der Waals surface area contributed by atoms with Crippen LogP contribution >= 0.6 is 0 Å². The molecule has 0 saturated carbocycles. The molecule has 26 heavy (non-hydrogen) atoms. The minimum atomic E-state index is -0.292. The first-order valence-corrected chi connectivity index (χ1v) is 8.69. The van der Waals surface area contributed by atoms with Gasteiger partial charge in [-0.1, -0.05) is 41.5 Å². The molecule has 0 aromatic carbocycles. The van der Waals surface area contributed by atoms with Gasteiger partial charge >= 0.3 is 0 Å². The monoisotopic (exact) mass is 356 g/mol. The van der Waals surface area contributed by atoms with Crippen molar-refractivity contribution in [2.24, 2.45) is 10.8 Å². The van der Waals surface area contributed by atoms with Crippen molar-refractivity contribution in [1.82, 2.24) is 0 Å². The van der Waals surface area contributed by atoms with Crippen LogP contribution in [0.3, 0.4) is 0 Å². The average Bonchev–Trinajstić information content (AvgIpc) is 2.53. The average molecular weight is 356 g/mol. The lowest BCUT2D eigenvalue weighted by molar-refractivity contribution is -0.118. The molecule has 0 radical (unpaired) electrons. The Labute approximate surface area is 155 Å². The van der Waals surface area contributed by atoms with Crippen LogP contribution < -0.4 is 0 Å². The Morgan fingerprint density at radius 3 is 1.27 bits per heavy atom. The number of rotatable bonds is 2. The van der Waals surface area contributed by atoms with E-state index in [1.54, 1.807) is 12.2 Å². The van der Waals surface area contributed by atoms with Gasteiger partial charge in [0.1, 0.15) is 0 Å². The van der Waals surface area contributed by atoms with Crippen molar-refractivity contribution in [3.8, 4) is 0 Å². The summed E-state index contributed by atoms with van der Waals surface area (Å²) >= 11 is 0. The zero-order valence-electron chi connectivity index (χ0n) is 16.9. The van der Waals surface area contributed by atoms with Gasteiger partial charge in [0, 0.05) is 11.1 Å². The summed E-state index contributed by atoms with van der Waals surface area (Å²) < 4.78 is 10.4. The third-order valence-corrected chi connectivity index (χ3v) is 4.50. The standard InChI is InChI=1S/C22H28O4/c1-21(2,3)15-9-13(10-16(19(15)23)22(4,5)6)14-11-17(25-7)20(24)18(12-14)26-8/h9-12H,1-8H3. The molecule has 4 nitrogen and oxygen atoms in total. The van der Waals surface area contributed by atoms with Crippen LogP contribution in [0.15, 0.2) is 58.1 Å². The molecule has 0 saturated heterocycles. The molecular formula is C22H28O4. The summed E-state index contributed by atoms with van der Waals surface area (Å²) in [4.78, 5) is 25.3. The van der Waals surface area contributed by atoms with Crippen molar-refractivity contribution in [2.75, 3.05) is 14.2 Å². The number of hydrogen-bond donors (Lipinski definition) is 0. The first-order chi connectivity index (χ1) is 11.9. The van der Waals surface area contributed by atoms with Gasteiger partial charge in [-0.25, -0.2) is 0 Å². The number of carbonyl (C=O) groups excluding carboxylic acids is 2. The van der Waals surface area contributed by atoms with Crippen LogP contribution in [0.4, 0.5) is 0 Å². The van der Waals surface area contributed by atoms with Crippen LogP contribution in [0.25, 0.3) is 0 Å². The van der Waals surface area contributed by atoms with Crippen LogP contribution in [0, 0.1) is 10.8 Å². The number of carbonyl (C=O) groups is 2. The molecule has 0 N–H and O–H groups in total. The number of allylic oxidation sites excluding steroid dienone is 8. The summed E-state index contributed by atoms with van der Waals surface area (Å²) in [6, 6.07) is 0. The molecule has 0 aromatic heterocycles. The SMILES string of the molecule is COC1=CC(=C2C=C(C(C)(C)C)C(=O)C(C(C)(C)C)=C2)C=C(OC)C1=O. The minimum absolute atomic E-state index is 0.0770. The molecule has 0 amide bonds. The van der Waals surface area contributed by atoms with Crippen LogP contribution in [0.5, 0.6) is 0 Å². The molecule has 2 rings (SSSR count). The quantitative estimate of drug-likeness (QED) is 0.733. The highest BCUT2D eigenvalue weighted by Gasteiger charge is 2.35. The fourth-order valence-electron chi connectivity index (χ4n) is 2.96. The Hall–Kier alpha value is -2.36. The van der Waals surface area contributed by atoms with E-state index in [1.165, 1.54) is 14.2 Å². The second-order valence-corrected chi connectivity index (χ2v) is 8.61. The van der Waals surface area contributed by atoms with E-state index in [1.807, 2.05) is 53.7 Å². The Kier molecular flexibility index (Phi) is 5.18. The fraction of sp³-hybridized carbons (Fsp3) is 0.455. The van der Waals surface area contributed by atoms with E-state index in [4.69, 9.17) is 9.47 Å². The Morgan fingerprint density at radius 1 is 0.615 bits per heavy atom. The summed E-state index contributed by atoms with van der Waals surface area (Å²) in [6.07, 6.45) is 7.22. The Bertz CT molecular complexity index is 738. The zero-order chi connectivity index (χ0) is 19.9. The molecule has 0 fully saturated rings. The van der Waals surface area contributed by atoms with Crippen molar-refractivity contribution >= 4 is 11.6 Å². The van der Waals surface area contributed by atoms with Gasteiger partial charge in [-0.3, -0.25) is 9.59 Å². The molecule has 0 bridgehead atoms. The highest BCUT2D eigenvalue weighted by Crippen LogP contribution is 2.40. The Balaban J connectivity index is 2.77. The summed E-state index contributed by atoms with van der Waals surface area (Å²) in [5, 5.41) is 0. The van der Waals surface area contributed by atoms with Gasteiger partial charge in [-0.2, -0.15) is 0 Å². The van der Waals surface area contributed by atoms with Gasteiger partial charge in [-0.05, 0) is 46.3 Å².